The van der Waals surface area contributed by atoms with E-state index in [9.17, 15) is 0 Å². The monoisotopic (exact) mass is 152 g/mol. The first-order valence-corrected chi connectivity index (χ1v) is 3.62. The maximum absolute atomic E-state index is 5.50. The molecular weight excluding hydrogens is 136 g/mol. The molecule has 0 bridgehead atoms. The van der Waals surface area contributed by atoms with Crippen molar-refractivity contribution in [3.8, 4) is 0 Å². The number of likely N-dealkylation sites (N-methyl/N-ethyl adjacent to an activating group) is 1. The van der Waals surface area contributed by atoms with Gasteiger partial charge in [-0.2, -0.15) is 0 Å². The molecule has 3 N–H and O–H groups in total. The normalized spacial score (nSPS) is 14.2. The number of hydrogen-bond acceptors (Lipinski definition) is 2. The van der Waals surface area contributed by atoms with Crippen LogP contribution in [0.4, 0.5) is 0 Å². The Balaban J connectivity index is 4.32. The number of rotatable bonds is 5. The van der Waals surface area contributed by atoms with Gasteiger partial charge in [0.15, 0.2) is 0 Å². The van der Waals surface area contributed by atoms with Crippen molar-refractivity contribution < 1.29 is 0 Å². The van der Waals surface area contributed by atoms with E-state index in [2.05, 4.69) is 18.5 Å². The quantitative estimate of drug-likeness (QED) is 0.573. The van der Waals surface area contributed by atoms with Gasteiger partial charge in [0.2, 0.25) is 0 Å². The molecule has 0 amide bonds. The Labute approximate surface area is 68.5 Å². The van der Waals surface area contributed by atoms with E-state index in [0.29, 0.717) is 6.54 Å². The van der Waals surface area contributed by atoms with Gasteiger partial charge in [-0.1, -0.05) is 31.4 Å². The van der Waals surface area contributed by atoms with Gasteiger partial charge in [-0.3, -0.25) is 0 Å². The fourth-order valence-corrected chi connectivity index (χ4v) is 0.883. The minimum absolute atomic E-state index is 0.186. The molecule has 1 atom stereocenters. The lowest BCUT2D eigenvalue weighted by Crippen LogP contribution is -2.34. The van der Waals surface area contributed by atoms with E-state index in [1.165, 1.54) is 0 Å². The first-order chi connectivity index (χ1) is 5.29. The maximum atomic E-state index is 5.50. The van der Waals surface area contributed by atoms with Gasteiger partial charge in [0.05, 0.1) is 0 Å². The average Bonchev–Trinajstić information content (AvgIpc) is 2.05. The van der Waals surface area contributed by atoms with Crippen molar-refractivity contribution in [1.29, 1.82) is 0 Å². The summed E-state index contributed by atoms with van der Waals surface area (Å²) in [7, 11) is 1.87. The Morgan fingerprint density at radius 1 is 1.64 bits per heavy atom. The van der Waals surface area contributed by atoms with Gasteiger partial charge < -0.3 is 11.1 Å². The summed E-state index contributed by atoms with van der Waals surface area (Å²) >= 11 is 0. The summed E-state index contributed by atoms with van der Waals surface area (Å²) in [6, 6.07) is 0.186. The highest BCUT2D eigenvalue weighted by atomic mass is 14.9. The molecule has 0 saturated heterocycles. The first-order valence-electron chi connectivity index (χ1n) is 3.62. The number of nitrogens with two attached hydrogens (primary N) is 1. The molecule has 2 nitrogen and oxygen atoms in total. The van der Waals surface area contributed by atoms with E-state index in [1.807, 2.05) is 13.1 Å². The van der Waals surface area contributed by atoms with E-state index < -0.39 is 0 Å². The van der Waals surface area contributed by atoms with E-state index in [1.54, 1.807) is 12.2 Å². The smallest absolute Gasteiger partial charge is 0.0441 e. The molecule has 0 aliphatic rings. The van der Waals surface area contributed by atoms with Crippen LogP contribution < -0.4 is 11.1 Å². The minimum atomic E-state index is 0.186. The van der Waals surface area contributed by atoms with Gasteiger partial charge in [-0.25, -0.2) is 0 Å². The number of nitrogens with one attached hydrogen (secondary N) is 1. The zero-order valence-corrected chi connectivity index (χ0v) is 7.01. The zero-order valence-electron chi connectivity index (χ0n) is 7.01. The van der Waals surface area contributed by atoms with Gasteiger partial charge in [0.1, 0.15) is 0 Å². The van der Waals surface area contributed by atoms with Crippen molar-refractivity contribution >= 4 is 0 Å². The SMILES string of the molecule is C=C/C=C(\C=C)C(CN)NC. The third kappa shape index (κ3) is 3.16. The average molecular weight is 152 g/mol. The summed E-state index contributed by atoms with van der Waals surface area (Å²) < 4.78 is 0. The van der Waals surface area contributed by atoms with E-state index >= 15 is 0 Å². The highest BCUT2D eigenvalue weighted by Gasteiger charge is 2.04. The van der Waals surface area contributed by atoms with Crippen molar-refractivity contribution in [2.45, 2.75) is 6.04 Å². The molecule has 0 spiro atoms. The lowest BCUT2D eigenvalue weighted by molar-refractivity contribution is 0.656. The molecule has 0 aliphatic carbocycles. The summed E-state index contributed by atoms with van der Waals surface area (Å²) in [6.45, 7) is 7.86. The van der Waals surface area contributed by atoms with Crippen LogP contribution in [-0.2, 0) is 0 Å². The third-order valence-corrected chi connectivity index (χ3v) is 1.53. The molecule has 2 heteroatoms. The third-order valence-electron chi connectivity index (χ3n) is 1.53. The second-order valence-electron chi connectivity index (χ2n) is 2.18. The fraction of sp³-hybridized carbons (Fsp3) is 0.333. The molecule has 0 saturated carbocycles. The lowest BCUT2D eigenvalue weighted by Gasteiger charge is -2.13. The van der Waals surface area contributed by atoms with Crippen molar-refractivity contribution in [1.82, 2.24) is 5.32 Å². The molecule has 62 valence electrons. The summed E-state index contributed by atoms with van der Waals surface area (Å²) in [5.74, 6) is 0. The molecule has 0 radical (unpaired) electrons. The predicted octanol–water partition coefficient (Wildman–Crippen LogP) is 0.832. The summed E-state index contributed by atoms with van der Waals surface area (Å²) in [5, 5.41) is 3.08. The van der Waals surface area contributed by atoms with Gasteiger partial charge in [-0.05, 0) is 12.6 Å². The maximum Gasteiger partial charge on any atom is 0.0441 e. The molecule has 0 heterocycles. The largest absolute Gasteiger partial charge is 0.329 e. The van der Waals surface area contributed by atoms with Crippen LogP contribution in [0.25, 0.3) is 0 Å². The highest BCUT2D eigenvalue weighted by molar-refractivity contribution is 5.26. The molecular formula is C9H16N2. The number of hydrogen-bond donors (Lipinski definition) is 2. The molecule has 0 aromatic carbocycles. The van der Waals surface area contributed by atoms with Crippen LogP contribution in [0.5, 0.6) is 0 Å². The van der Waals surface area contributed by atoms with Gasteiger partial charge >= 0.3 is 0 Å². The Bertz CT molecular complexity index is 155. The van der Waals surface area contributed by atoms with Crippen LogP contribution in [0.1, 0.15) is 0 Å². The fourth-order valence-electron chi connectivity index (χ4n) is 0.883. The van der Waals surface area contributed by atoms with Crippen LogP contribution in [0, 0.1) is 0 Å². The summed E-state index contributed by atoms with van der Waals surface area (Å²) in [5.41, 5.74) is 6.58. The predicted molar refractivity (Wildman–Crippen MR) is 50.4 cm³/mol. The van der Waals surface area contributed by atoms with E-state index in [4.69, 9.17) is 5.73 Å². The van der Waals surface area contributed by atoms with Gasteiger partial charge in [0, 0.05) is 12.6 Å². The highest BCUT2D eigenvalue weighted by Crippen LogP contribution is 2.01. The zero-order chi connectivity index (χ0) is 8.69. The summed E-state index contributed by atoms with van der Waals surface area (Å²) in [4.78, 5) is 0. The molecule has 1 unspecified atom stereocenters. The van der Waals surface area contributed by atoms with Gasteiger partial charge in [-0.15, -0.1) is 0 Å². The Hall–Kier alpha value is -0.860. The molecule has 0 aromatic heterocycles. The van der Waals surface area contributed by atoms with Crippen molar-refractivity contribution in [2.24, 2.45) is 5.73 Å². The van der Waals surface area contributed by atoms with Crippen LogP contribution in [-0.4, -0.2) is 19.6 Å². The molecule has 11 heavy (non-hydrogen) atoms. The minimum Gasteiger partial charge on any atom is -0.329 e. The molecule has 0 aliphatic heterocycles. The van der Waals surface area contributed by atoms with Crippen LogP contribution >= 0.6 is 0 Å². The van der Waals surface area contributed by atoms with Crippen LogP contribution in [0.2, 0.25) is 0 Å². The van der Waals surface area contributed by atoms with Crippen LogP contribution in [0.3, 0.4) is 0 Å². The molecule has 0 aromatic rings. The summed E-state index contributed by atoms with van der Waals surface area (Å²) in [6.07, 6.45) is 5.42. The second kappa shape index (κ2) is 5.89. The molecule has 0 rings (SSSR count). The van der Waals surface area contributed by atoms with Crippen molar-refractivity contribution in [3.63, 3.8) is 0 Å². The Morgan fingerprint density at radius 3 is 2.55 bits per heavy atom. The van der Waals surface area contributed by atoms with Crippen LogP contribution in [0.15, 0.2) is 37.0 Å². The van der Waals surface area contributed by atoms with E-state index in [-0.39, 0.29) is 6.04 Å². The van der Waals surface area contributed by atoms with Gasteiger partial charge in [0.25, 0.3) is 0 Å². The first kappa shape index (κ1) is 10.1. The second-order valence-corrected chi connectivity index (χ2v) is 2.18. The standard InChI is InChI=1S/C9H16N2/c1-4-6-8(5-2)9(7-10)11-3/h4-6,9,11H,1-2,7,10H2,3H3/b8-6+. The topological polar surface area (TPSA) is 38.0 Å². The molecule has 0 fully saturated rings. The van der Waals surface area contributed by atoms with E-state index in [0.717, 1.165) is 5.57 Å². The Kier molecular flexibility index (Phi) is 5.43. The van der Waals surface area contributed by atoms with Crippen molar-refractivity contribution in [3.05, 3.63) is 37.0 Å². The lowest BCUT2D eigenvalue weighted by atomic mass is 10.1. The van der Waals surface area contributed by atoms with Crippen molar-refractivity contribution in [2.75, 3.05) is 13.6 Å². The Morgan fingerprint density at radius 2 is 2.27 bits per heavy atom. The number of allylic oxidation sites excluding steroid dienone is 2.